The molecule has 0 fully saturated rings. The highest BCUT2D eigenvalue weighted by Crippen LogP contribution is 2.14. The summed E-state index contributed by atoms with van der Waals surface area (Å²) in [5.74, 6) is -0.375. The second-order valence-corrected chi connectivity index (χ2v) is 13.1. The van der Waals surface area contributed by atoms with E-state index in [1.807, 2.05) is 37.3 Å². The monoisotopic (exact) mass is 660 g/mol. The minimum absolute atomic E-state index is 0.157. The molecule has 0 radical (unpaired) electrons. The van der Waals surface area contributed by atoms with Gasteiger partial charge in [-0.15, -0.1) is 0 Å². The molecule has 1 aromatic rings. The second kappa shape index (κ2) is 32.0. The predicted molar refractivity (Wildman–Crippen MR) is 192 cm³/mol. The first-order valence-electron chi connectivity index (χ1n) is 19.3. The van der Waals surface area contributed by atoms with E-state index in [0.717, 1.165) is 56.9 Å². The molecule has 0 saturated carbocycles. The van der Waals surface area contributed by atoms with Crippen molar-refractivity contribution >= 4 is 18.0 Å². The number of hydrogen-bond acceptors (Lipinski definition) is 6. The number of benzene rings is 1. The van der Waals surface area contributed by atoms with Gasteiger partial charge < -0.3 is 19.5 Å². The zero-order valence-electron chi connectivity index (χ0n) is 30.2. The van der Waals surface area contributed by atoms with E-state index in [2.05, 4.69) is 12.2 Å². The van der Waals surface area contributed by atoms with E-state index in [9.17, 15) is 14.4 Å². The number of carbonyl (C=O) groups is 3. The van der Waals surface area contributed by atoms with Gasteiger partial charge in [0.05, 0.1) is 0 Å². The molecular weight excluding hydrogens is 590 g/mol. The van der Waals surface area contributed by atoms with E-state index < -0.39 is 0 Å². The summed E-state index contributed by atoms with van der Waals surface area (Å²) in [7, 11) is 0. The molecule has 0 aliphatic heterocycles. The molecule has 0 unspecified atom stereocenters. The number of hydrogen-bond donors (Lipinski definition) is 1. The number of esters is 2. The SMILES string of the molecule is CCCCCCCCCCCCCCCC(=O)O[C@H](CC)COC(=O)CCCCCCCCCCCNC(=O)OCc1ccccc1. The van der Waals surface area contributed by atoms with E-state index in [0.29, 0.717) is 32.4 Å². The third kappa shape index (κ3) is 28.2. The van der Waals surface area contributed by atoms with Crippen molar-refractivity contribution in [3.05, 3.63) is 35.9 Å². The van der Waals surface area contributed by atoms with Crippen LogP contribution in [0.15, 0.2) is 30.3 Å². The minimum atomic E-state index is -0.359. The molecule has 270 valence electrons. The largest absolute Gasteiger partial charge is 0.462 e. The van der Waals surface area contributed by atoms with Gasteiger partial charge in [-0.05, 0) is 31.2 Å². The van der Waals surface area contributed by atoms with Gasteiger partial charge >= 0.3 is 18.0 Å². The Morgan fingerprint density at radius 1 is 0.574 bits per heavy atom. The first kappa shape index (κ1) is 42.5. The van der Waals surface area contributed by atoms with E-state index in [4.69, 9.17) is 14.2 Å². The van der Waals surface area contributed by atoms with Crippen molar-refractivity contribution in [1.82, 2.24) is 5.32 Å². The Kier molecular flexibility index (Phi) is 28.9. The number of amides is 1. The molecule has 7 heteroatoms. The zero-order chi connectivity index (χ0) is 34.0. The Hall–Kier alpha value is -2.57. The van der Waals surface area contributed by atoms with Crippen molar-refractivity contribution in [2.45, 2.75) is 187 Å². The normalized spacial score (nSPS) is 11.6. The number of rotatable bonds is 32. The Bertz CT molecular complexity index is 877. The second-order valence-electron chi connectivity index (χ2n) is 13.1. The Labute approximate surface area is 287 Å². The summed E-state index contributed by atoms with van der Waals surface area (Å²) in [4.78, 5) is 36.2. The molecule has 47 heavy (non-hydrogen) atoms. The molecule has 0 aliphatic rings. The Balaban J connectivity index is 1.87. The van der Waals surface area contributed by atoms with Crippen molar-refractivity contribution in [3.63, 3.8) is 0 Å². The minimum Gasteiger partial charge on any atom is -0.462 e. The summed E-state index contributed by atoms with van der Waals surface area (Å²) in [6.45, 7) is 5.32. The Morgan fingerprint density at radius 2 is 1.04 bits per heavy atom. The quantitative estimate of drug-likeness (QED) is 0.0470. The molecule has 0 saturated heterocycles. The van der Waals surface area contributed by atoms with Crippen molar-refractivity contribution in [2.75, 3.05) is 13.2 Å². The molecule has 7 nitrogen and oxygen atoms in total. The lowest BCUT2D eigenvalue weighted by Crippen LogP contribution is -2.25. The molecular formula is C40H69NO6. The van der Waals surface area contributed by atoms with E-state index in [1.165, 1.54) is 89.9 Å². The third-order valence-corrected chi connectivity index (χ3v) is 8.71. The summed E-state index contributed by atoms with van der Waals surface area (Å²) < 4.78 is 16.2. The number of alkyl carbamates (subject to hydrolysis) is 1. The van der Waals surface area contributed by atoms with Crippen LogP contribution < -0.4 is 5.32 Å². The molecule has 1 amide bonds. The lowest BCUT2D eigenvalue weighted by atomic mass is 10.0. The maximum atomic E-state index is 12.2. The van der Waals surface area contributed by atoms with Gasteiger partial charge in [0, 0.05) is 19.4 Å². The average Bonchev–Trinajstić information content (AvgIpc) is 3.08. The number of carbonyl (C=O) groups excluding carboxylic acids is 3. The maximum Gasteiger partial charge on any atom is 0.407 e. The van der Waals surface area contributed by atoms with E-state index in [1.54, 1.807) is 0 Å². The van der Waals surface area contributed by atoms with Crippen molar-refractivity contribution < 1.29 is 28.6 Å². The third-order valence-electron chi connectivity index (χ3n) is 8.71. The van der Waals surface area contributed by atoms with Gasteiger partial charge in [-0.25, -0.2) is 4.79 Å². The van der Waals surface area contributed by atoms with Crippen LogP contribution in [0.5, 0.6) is 0 Å². The first-order chi connectivity index (χ1) is 23.0. The molecule has 0 aromatic heterocycles. The fourth-order valence-corrected chi connectivity index (χ4v) is 5.62. The van der Waals surface area contributed by atoms with Gasteiger partial charge in [0.1, 0.15) is 19.3 Å². The Morgan fingerprint density at radius 3 is 1.55 bits per heavy atom. The molecule has 1 aromatic carbocycles. The van der Waals surface area contributed by atoms with Crippen LogP contribution in [-0.2, 0) is 30.4 Å². The van der Waals surface area contributed by atoms with Crippen LogP contribution in [0.4, 0.5) is 4.79 Å². The van der Waals surface area contributed by atoms with Gasteiger partial charge in [-0.3, -0.25) is 9.59 Å². The van der Waals surface area contributed by atoms with Crippen LogP contribution in [0.1, 0.15) is 180 Å². The van der Waals surface area contributed by atoms with Gasteiger partial charge in [0.2, 0.25) is 0 Å². The molecule has 0 spiro atoms. The van der Waals surface area contributed by atoms with Gasteiger partial charge in [-0.2, -0.15) is 0 Å². The fourth-order valence-electron chi connectivity index (χ4n) is 5.62. The zero-order valence-corrected chi connectivity index (χ0v) is 30.2. The first-order valence-corrected chi connectivity index (χ1v) is 19.3. The summed E-state index contributed by atoms with van der Waals surface area (Å²) in [6, 6.07) is 9.68. The topological polar surface area (TPSA) is 90.9 Å². The van der Waals surface area contributed by atoms with Gasteiger partial charge in [-0.1, -0.05) is 166 Å². The van der Waals surface area contributed by atoms with Crippen LogP contribution in [0, 0.1) is 0 Å². The van der Waals surface area contributed by atoms with Crippen LogP contribution >= 0.6 is 0 Å². The smallest absolute Gasteiger partial charge is 0.407 e. The van der Waals surface area contributed by atoms with Crippen LogP contribution in [-0.4, -0.2) is 37.3 Å². The van der Waals surface area contributed by atoms with Crippen molar-refractivity contribution in [1.29, 1.82) is 0 Å². The average molecular weight is 660 g/mol. The predicted octanol–water partition coefficient (Wildman–Crippen LogP) is 11.2. The molecule has 0 bridgehead atoms. The molecule has 1 atom stereocenters. The van der Waals surface area contributed by atoms with Crippen LogP contribution in [0.25, 0.3) is 0 Å². The summed E-state index contributed by atoms with van der Waals surface area (Å²) in [6.07, 6.45) is 27.2. The van der Waals surface area contributed by atoms with Gasteiger partial charge in [0.15, 0.2) is 0 Å². The molecule has 1 N–H and O–H groups in total. The molecule has 1 rings (SSSR count). The van der Waals surface area contributed by atoms with Crippen molar-refractivity contribution in [3.8, 4) is 0 Å². The highest BCUT2D eigenvalue weighted by molar-refractivity contribution is 5.70. The van der Waals surface area contributed by atoms with Gasteiger partial charge in [0.25, 0.3) is 0 Å². The number of unbranched alkanes of at least 4 members (excludes halogenated alkanes) is 20. The molecule has 0 aliphatic carbocycles. The lowest BCUT2D eigenvalue weighted by Gasteiger charge is -2.16. The summed E-state index contributed by atoms with van der Waals surface area (Å²) in [5, 5.41) is 2.82. The van der Waals surface area contributed by atoms with Crippen LogP contribution in [0.2, 0.25) is 0 Å². The highest BCUT2D eigenvalue weighted by Gasteiger charge is 2.15. The fraction of sp³-hybridized carbons (Fsp3) is 0.775. The lowest BCUT2D eigenvalue weighted by molar-refractivity contribution is -0.159. The van der Waals surface area contributed by atoms with Crippen molar-refractivity contribution in [2.24, 2.45) is 0 Å². The standard InChI is InChI=1S/C40H69NO6/c1-3-5-6-7-8-9-10-11-12-14-18-21-27-32-39(43)47-37(4-2)35-45-38(42)31-26-20-17-15-13-16-19-22-28-33-41-40(44)46-34-36-29-24-23-25-30-36/h23-25,29-30,37H,3-22,26-28,31-35H2,1-2H3,(H,41,44)/t37-/m1/s1. The van der Waals surface area contributed by atoms with E-state index in [-0.39, 0.29) is 30.7 Å². The maximum absolute atomic E-state index is 12.2. The number of ether oxygens (including phenoxy) is 3. The highest BCUT2D eigenvalue weighted by atomic mass is 16.6. The summed E-state index contributed by atoms with van der Waals surface area (Å²) >= 11 is 0. The van der Waals surface area contributed by atoms with E-state index >= 15 is 0 Å². The molecule has 0 heterocycles. The summed E-state index contributed by atoms with van der Waals surface area (Å²) in [5.41, 5.74) is 0.984. The number of nitrogens with one attached hydrogen (secondary N) is 1. The van der Waals surface area contributed by atoms with Crippen LogP contribution in [0.3, 0.4) is 0 Å².